The van der Waals surface area contributed by atoms with Crippen molar-refractivity contribution in [2.24, 2.45) is 0 Å². The van der Waals surface area contributed by atoms with Crippen LogP contribution in [-0.4, -0.2) is 25.2 Å². The molecule has 0 heterocycles. The van der Waals surface area contributed by atoms with Crippen LogP contribution < -0.4 is 0 Å². The zero-order valence-electron chi connectivity index (χ0n) is 16.8. The standard InChI is InChI=1S/C24H32F2O2/c1-3-5-7-8-9-13-19-28-24(27-18-6-4-2)17-16-21(22(25)23(24)26)20-14-11-10-12-15-20/h4,10-12,14-17,23H,2-3,5-9,13,18-19H2,1H3. The zero-order valence-corrected chi connectivity index (χ0v) is 16.8. The van der Waals surface area contributed by atoms with E-state index in [2.05, 4.69) is 13.5 Å². The van der Waals surface area contributed by atoms with Crippen molar-refractivity contribution in [3.63, 3.8) is 0 Å². The number of unbranched alkanes of at least 4 members (excludes halogenated alkanes) is 5. The van der Waals surface area contributed by atoms with Gasteiger partial charge in [-0.05, 0) is 24.5 Å². The molecule has 0 N–H and O–H groups in total. The molecule has 2 atom stereocenters. The molecule has 154 valence electrons. The van der Waals surface area contributed by atoms with E-state index < -0.39 is 17.8 Å². The minimum atomic E-state index is -2.00. The molecule has 0 radical (unpaired) electrons. The van der Waals surface area contributed by atoms with Crippen LogP contribution in [0.1, 0.15) is 57.4 Å². The maximum absolute atomic E-state index is 15.2. The van der Waals surface area contributed by atoms with Gasteiger partial charge in [-0.15, -0.1) is 6.58 Å². The van der Waals surface area contributed by atoms with E-state index >= 15 is 4.39 Å². The van der Waals surface area contributed by atoms with Crippen molar-refractivity contribution in [1.29, 1.82) is 0 Å². The Morgan fingerprint density at radius 1 is 1.04 bits per heavy atom. The molecule has 0 spiro atoms. The van der Waals surface area contributed by atoms with Crippen LogP contribution in [0.5, 0.6) is 0 Å². The normalized spacial score (nSPS) is 21.9. The van der Waals surface area contributed by atoms with Crippen molar-refractivity contribution in [2.75, 3.05) is 13.2 Å². The molecular formula is C24H32F2O2. The monoisotopic (exact) mass is 390 g/mol. The second-order valence-electron chi connectivity index (χ2n) is 7.09. The Kier molecular flexibility index (Phi) is 9.59. The van der Waals surface area contributed by atoms with Crippen LogP contribution in [0.2, 0.25) is 0 Å². The fraction of sp³-hybridized carbons (Fsp3) is 0.500. The highest BCUT2D eigenvalue weighted by Gasteiger charge is 2.45. The van der Waals surface area contributed by atoms with Gasteiger partial charge in [0.25, 0.3) is 0 Å². The van der Waals surface area contributed by atoms with Gasteiger partial charge in [0.15, 0.2) is 0 Å². The van der Waals surface area contributed by atoms with Gasteiger partial charge >= 0.3 is 0 Å². The van der Waals surface area contributed by atoms with Gasteiger partial charge in [-0.2, -0.15) is 0 Å². The molecule has 0 amide bonds. The van der Waals surface area contributed by atoms with Crippen molar-refractivity contribution in [2.45, 2.75) is 63.8 Å². The number of rotatable bonds is 13. The largest absolute Gasteiger partial charge is 0.344 e. The Bertz CT molecular complexity index is 654. The second-order valence-corrected chi connectivity index (χ2v) is 7.09. The number of halogens is 2. The molecule has 2 rings (SSSR count). The summed E-state index contributed by atoms with van der Waals surface area (Å²) in [5.74, 6) is -2.57. The summed E-state index contributed by atoms with van der Waals surface area (Å²) >= 11 is 0. The summed E-state index contributed by atoms with van der Waals surface area (Å²) in [6, 6.07) is 8.96. The van der Waals surface area contributed by atoms with Gasteiger partial charge < -0.3 is 9.47 Å². The SMILES string of the molecule is C=CCCOC1(OCCCCCCCC)C=CC(c2ccccc2)=C(F)C1F. The number of benzene rings is 1. The Morgan fingerprint density at radius 2 is 1.71 bits per heavy atom. The molecule has 1 aliphatic rings. The first-order valence-corrected chi connectivity index (χ1v) is 10.3. The van der Waals surface area contributed by atoms with Gasteiger partial charge in [0.2, 0.25) is 12.0 Å². The Balaban J connectivity index is 2.05. The van der Waals surface area contributed by atoms with E-state index in [4.69, 9.17) is 9.47 Å². The van der Waals surface area contributed by atoms with E-state index in [0.717, 1.165) is 19.3 Å². The average Bonchev–Trinajstić information content (AvgIpc) is 2.72. The third-order valence-corrected chi connectivity index (χ3v) is 4.88. The molecular weight excluding hydrogens is 358 g/mol. The van der Waals surface area contributed by atoms with Crippen molar-refractivity contribution < 1.29 is 18.3 Å². The Labute approximate surface area is 167 Å². The molecule has 28 heavy (non-hydrogen) atoms. The number of allylic oxidation sites excluding steroid dienone is 2. The topological polar surface area (TPSA) is 18.5 Å². The van der Waals surface area contributed by atoms with Crippen LogP contribution in [0.3, 0.4) is 0 Å². The molecule has 1 aliphatic carbocycles. The maximum atomic E-state index is 15.2. The number of alkyl halides is 1. The van der Waals surface area contributed by atoms with Gasteiger partial charge in [0.1, 0.15) is 5.83 Å². The molecule has 0 saturated carbocycles. The molecule has 2 unspecified atom stereocenters. The van der Waals surface area contributed by atoms with E-state index in [1.54, 1.807) is 36.4 Å². The lowest BCUT2D eigenvalue weighted by Gasteiger charge is -2.36. The van der Waals surface area contributed by atoms with E-state index in [-0.39, 0.29) is 12.2 Å². The average molecular weight is 391 g/mol. The summed E-state index contributed by atoms with van der Waals surface area (Å²) in [4.78, 5) is 0. The summed E-state index contributed by atoms with van der Waals surface area (Å²) in [5, 5.41) is 0. The van der Waals surface area contributed by atoms with E-state index in [0.29, 0.717) is 18.6 Å². The summed E-state index contributed by atoms with van der Waals surface area (Å²) < 4.78 is 41.6. The molecule has 0 aromatic heterocycles. The van der Waals surface area contributed by atoms with Gasteiger partial charge in [0, 0.05) is 5.57 Å². The van der Waals surface area contributed by atoms with Crippen LogP contribution >= 0.6 is 0 Å². The summed E-state index contributed by atoms with van der Waals surface area (Å²) in [6.45, 7) is 6.38. The molecule has 4 heteroatoms. The lowest BCUT2D eigenvalue weighted by atomic mass is 9.93. The predicted molar refractivity (Wildman–Crippen MR) is 111 cm³/mol. The summed E-state index contributed by atoms with van der Waals surface area (Å²) in [6.07, 6.45) is 9.86. The number of hydrogen-bond donors (Lipinski definition) is 0. The van der Waals surface area contributed by atoms with Crippen molar-refractivity contribution in [1.82, 2.24) is 0 Å². The quantitative estimate of drug-likeness (QED) is 0.206. The first-order chi connectivity index (χ1) is 13.6. The van der Waals surface area contributed by atoms with Crippen molar-refractivity contribution >= 4 is 5.57 Å². The van der Waals surface area contributed by atoms with Gasteiger partial charge in [-0.25, -0.2) is 8.78 Å². The Hall–Kier alpha value is -1.78. The van der Waals surface area contributed by atoms with Gasteiger partial charge in [-0.1, -0.05) is 81.5 Å². The van der Waals surface area contributed by atoms with E-state index in [9.17, 15) is 4.39 Å². The molecule has 2 nitrogen and oxygen atoms in total. The van der Waals surface area contributed by atoms with Crippen LogP contribution in [0, 0.1) is 0 Å². The number of hydrogen-bond acceptors (Lipinski definition) is 2. The lowest BCUT2D eigenvalue weighted by Crippen LogP contribution is -2.46. The third kappa shape index (κ3) is 6.11. The fourth-order valence-corrected chi connectivity index (χ4v) is 3.23. The predicted octanol–water partition coefficient (Wildman–Crippen LogP) is 6.94. The van der Waals surface area contributed by atoms with Crippen LogP contribution in [0.4, 0.5) is 8.78 Å². The highest BCUT2D eigenvalue weighted by Crippen LogP contribution is 2.39. The van der Waals surface area contributed by atoms with Gasteiger partial charge in [0.05, 0.1) is 13.2 Å². The molecule has 0 saturated heterocycles. The van der Waals surface area contributed by atoms with E-state index in [1.165, 1.54) is 25.3 Å². The zero-order chi connectivity index (χ0) is 20.2. The van der Waals surface area contributed by atoms with E-state index in [1.807, 2.05) is 6.07 Å². The first-order valence-electron chi connectivity index (χ1n) is 10.3. The molecule has 0 aliphatic heterocycles. The first kappa shape index (κ1) is 22.5. The molecule has 0 bridgehead atoms. The van der Waals surface area contributed by atoms with Crippen molar-refractivity contribution in [3.05, 3.63) is 66.5 Å². The highest BCUT2D eigenvalue weighted by atomic mass is 19.2. The fourth-order valence-electron chi connectivity index (χ4n) is 3.23. The molecule has 0 fully saturated rings. The summed E-state index contributed by atoms with van der Waals surface area (Å²) in [7, 11) is 0. The lowest BCUT2D eigenvalue weighted by molar-refractivity contribution is -0.233. The second kappa shape index (κ2) is 11.9. The highest BCUT2D eigenvalue weighted by molar-refractivity contribution is 5.77. The summed E-state index contributed by atoms with van der Waals surface area (Å²) in [5.41, 5.74) is 0.869. The van der Waals surface area contributed by atoms with Crippen LogP contribution in [0.15, 0.2) is 61.0 Å². The van der Waals surface area contributed by atoms with Crippen LogP contribution in [-0.2, 0) is 9.47 Å². The minimum absolute atomic E-state index is 0.221. The smallest absolute Gasteiger partial charge is 0.227 e. The third-order valence-electron chi connectivity index (χ3n) is 4.88. The number of ether oxygens (including phenoxy) is 2. The maximum Gasteiger partial charge on any atom is 0.227 e. The minimum Gasteiger partial charge on any atom is -0.344 e. The molecule has 1 aromatic rings. The molecule has 1 aromatic carbocycles. The Morgan fingerprint density at radius 3 is 2.43 bits per heavy atom. The van der Waals surface area contributed by atoms with Crippen molar-refractivity contribution in [3.8, 4) is 0 Å². The van der Waals surface area contributed by atoms with Crippen LogP contribution in [0.25, 0.3) is 5.57 Å². The van der Waals surface area contributed by atoms with Gasteiger partial charge in [-0.3, -0.25) is 0 Å².